The number of carbonyl (C=O) groups is 3. The van der Waals surface area contributed by atoms with Gasteiger partial charge in [0, 0.05) is 17.2 Å². The smallest absolute Gasteiger partial charge is 0.259 e. The van der Waals surface area contributed by atoms with Gasteiger partial charge in [-0.15, -0.1) is 0 Å². The number of hydrogen-bond acceptors (Lipinski definition) is 13. The van der Waals surface area contributed by atoms with Crippen molar-refractivity contribution in [1.82, 2.24) is 4.98 Å². The van der Waals surface area contributed by atoms with Gasteiger partial charge >= 0.3 is 0 Å². The molecule has 3 aliphatic rings. The van der Waals surface area contributed by atoms with Crippen LogP contribution in [0.25, 0.3) is 10.8 Å². The predicted molar refractivity (Wildman–Crippen MR) is 148 cm³/mol. The lowest BCUT2D eigenvalue weighted by molar-refractivity contribution is -0.102. The number of ketones is 3. The molecular weight excluding hydrogens is 582 g/mol. The minimum Gasteiger partial charge on any atom is -0.507 e. The van der Waals surface area contributed by atoms with Gasteiger partial charge in [0.15, 0.2) is 17.3 Å². The number of nitrogens with one attached hydrogen (secondary N) is 1. The highest BCUT2D eigenvalue weighted by Gasteiger charge is 2.61. The van der Waals surface area contributed by atoms with E-state index >= 15 is 0 Å². The molecule has 9 N–H and O–H groups in total. The van der Waals surface area contributed by atoms with Gasteiger partial charge in [-0.25, -0.2) is 0 Å². The summed E-state index contributed by atoms with van der Waals surface area (Å²) in [5.74, 6) is -5.82. The Kier molecular flexibility index (Phi) is 6.50. The number of Topliss-reactive ketones (excluding diaryl/α,β-unsaturated/α-hetero) is 2. The Morgan fingerprint density at radius 3 is 2.25 bits per heavy atom. The number of aromatic nitrogens is 1. The van der Waals surface area contributed by atoms with Crippen molar-refractivity contribution in [3.05, 3.63) is 73.4 Å². The second-order valence-corrected chi connectivity index (χ2v) is 11.3. The van der Waals surface area contributed by atoms with Crippen LogP contribution in [0, 0.1) is 0 Å². The minimum absolute atomic E-state index is 0.0537. The molecule has 6 unspecified atom stereocenters. The van der Waals surface area contributed by atoms with Crippen LogP contribution in [0.2, 0.25) is 0 Å². The molecule has 6 atom stereocenters. The van der Waals surface area contributed by atoms with Gasteiger partial charge < -0.3 is 50.6 Å². The number of aromatic amines is 1. The first kappa shape index (κ1) is 29.5. The number of aryl methyl sites for hydroxylation is 1. The number of allylic oxidation sites excluding steroid dienone is 2. The molecule has 14 heteroatoms. The number of hydrogen-bond donors (Lipinski definition) is 9. The number of phenols is 3. The van der Waals surface area contributed by atoms with E-state index in [-0.39, 0.29) is 34.9 Å². The molecule has 0 amide bonds. The molecule has 6 rings (SSSR count). The summed E-state index contributed by atoms with van der Waals surface area (Å²) in [5, 5.41) is 85.4. The highest BCUT2D eigenvalue weighted by atomic mass is 16.5. The quantitative estimate of drug-likeness (QED) is 0.170. The van der Waals surface area contributed by atoms with Crippen LogP contribution in [0.5, 0.6) is 17.2 Å². The van der Waals surface area contributed by atoms with Crippen LogP contribution in [-0.4, -0.2) is 88.6 Å². The van der Waals surface area contributed by atoms with Gasteiger partial charge in [0.05, 0.1) is 46.4 Å². The van der Waals surface area contributed by atoms with Gasteiger partial charge in [-0.3, -0.25) is 19.2 Å². The van der Waals surface area contributed by atoms with E-state index in [1.165, 1.54) is 19.1 Å². The van der Waals surface area contributed by atoms with Crippen LogP contribution < -0.4 is 5.56 Å². The molecule has 14 nitrogen and oxygen atoms in total. The Morgan fingerprint density at radius 1 is 0.932 bits per heavy atom. The number of phenolic OH excluding ortho intramolecular Hbond substituents is 3. The molecule has 1 spiro atoms. The lowest BCUT2D eigenvalue weighted by Crippen LogP contribution is -2.40. The zero-order chi connectivity index (χ0) is 32.2. The maximum Gasteiger partial charge on any atom is 0.259 e. The molecule has 0 radical (unpaired) electrons. The SMILES string of the molecule is COC1=CC(=O)c2c(O)c3c(c(O)c2C1=O)C(O)C1(CCc2cc4cc(C(O)C(O)C(O)C(C)O)[nH]c(=O)c4c(O)c21)C3=O. The third-order valence-electron chi connectivity index (χ3n) is 8.97. The highest BCUT2D eigenvalue weighted by Crippen LogP contribution is 2.62. The minimum atomic E-state index is -2.03. The molecule has 230 valence electrons. The predicted octanol–water partition coefficient (Wildman–Crippen LogP) is -0.196. The number of aliphatic hydroxyl groups is 5. The van der Waals surface area contributed by atoms with Crippen molar-refractivity contribution in [2.75, 3.05) is 7.11 Å². The standard InChI is InChI=1S/C30H27NO13/c1-8(32)20(34)26(40)21(35)11-6-10-5-9-3-4-30(19(9)25(39)14(10)29(43)31-11)27(41)17-18(28(30)42)24(38)16-15(23(17)37)12(33)7-13(44-2)22(16)36/h5-8,20-21,26,28,32,34-35,37-40,42H,3-4H2,1-2H3,(H,31,43). The van der Waals surface area contributed by atoms with Crippen molar-refractivity contribution in [2.45, 2.75) is 55.7 Å². The number of H-pyrrole nitrogens is 1. The Labute approximate surface area is 246 Å². The number of aliphatic hydroxyl groups excluding tert-OH is 5. The average Bonchev–Trinajstić information content (AvgIpc) is 3.47. The van der Waals surface area contributed by atoms with Gasteiger partial charge in [0.25, 0.3) is 5.56 Å². The van der Waals surface area contributed by atoms with Crippen LogP contribution in [-0.2, 0) is 16.6 Å². The largest absolute Gasteiger partial charge is 0.507 e. The Balaban J connectivity index is 1.53. The second-order valence-electron chi connectivity index (χ2n) is 11.3. The summed E-state index contributed by atoms with van der Waals surface area (Å²) >= 11 is 0. The maximum absolute atomic E-state index is 14.1. The monoisotopic (exact) mass is 609 g/mol. The third-order valence-corrected chi connectivity index (χ3v) is 8.97. The van der Waals surface area contributed by atoms with Crippen LogP contribution in [0.15, 0.2) is 28.8 Å². The summed E-state index contributed by atoms with van der Waals surface area (Å²) in [5.41, 5.74) is -5.52. The summed E-state index contributed by atoms with van der Waals surface area (Å²) in [6.45, 7) is 1.19. The number of pyridine rings is 1. The fraction of sp³-hybridized carbons (Fsp3) is 0.333. The van der Waals surface area contributed by atoms with Crippen LogP contribution in [0.3, 0.4) is 0 Å². The van der Waals surface area contributed by atoms with Crippen molar-refractivity contribution >= 4 is 28.1 Å². The van der Waals surface area contributed by atoms with Crippen molar-refractivity contribution in [3.63, 3.8) is 0 Å². The van der Waals surface area contributed by atoms with E-state index in [4.69, 9.17) is 4.74 Å². The van der Waals surface area contributed by atoms with Gasteiger partial charge in [0.2, 0.25) is 5.78 Å². The fourth-order valence-corrected chi connectivity index (χ4v) is 6.79. The Bertz CT molecular complexity index is 1920. The molecular formula is C30H27NO13. The normalized spacial score (nSPS) is 23.3. The Morgan fingerprint density at radius 2 is 1.61 bits per heavy atom. The summed E-state index contributed by atoms with van der Waals surface area (Å²) in [4.78, 5) is 55.4. The summed E-state index contributed by atoms with van der Waals surface area (Å²) in [6, 6.07) is 2.66. The molecule has 2 aromatic carbocycles. The lowest BCUT2D eigenvalue weighted by Gasteiger charge is -2.29. The molecule has 0 bridgehead atoms. The summed E-state index contributed by atoms with van der Waals surface area (Å²) < 4.78 is 4.91. The molecule has 1 aromatic heterocycles. The first-order chi connectivity index (χ1) is 20.7. The molecule has 3 aliphatic carbocycles. The molecule has 1 heterocycles. The van der Waals surface area contributed by atoms with E-state index in [2.05, 4.69) is 4.98 Å². The van der Waals surface area contributed by atoms with Crippen molar-refractivity contribution in [3.8, 4) is 17.2 Å². The first-order valence-electron chi connectivity index (χ1n) is 13.5. The van der Waals surface area contributed by atoms with Crippen LogP contribution >= 0.6 is 0 Å². The van der Waals surface area contributed by atoms with Gasteiger partial charge in [-0.2, -0.15) is 0 Å². The van der Waals surface area contributed by atoms with E-state index in [1.807, 2.05) is 0 Å². The molecule has 44 heavy (non-hydrogen) atoms. The fourth-order valence-electron chi connectivity index (χ4n) is 6.79. The molecule has 0 saturated heterocycles. The number of methoxy groups -OCH3 is 1. The van der Waals surface area contributed by atoms with Gasteiger partial charge in [-0.05, 0) is 36.8 Å². The highest BCUT2D eigenvalue weighted by molar-refractivity contribution is 6.28. The number of benzene rings is 2. The van der Waals surface area contributed by atoms with E-state index in [9.17, 15) is 60.0 Å². The number of carbonyl (C=O) groups excluding carboxylic acids is 3. The Hall–Kier alpha value is -4.60. The first-order valence-corrected chi connectivity index (χ1v) is 13.5. The third kappa shape index (κ3) is 3.60. The number of rotatable bonds is 5. The average molecular weight is 610 g/mol. The van der Waals surface area contributed by atoms with Crippen molar-refractivity contribution in [2.24, 2.45) is 0 Å². The number of fused-ring (bicyclic) bond motifs is 5. The summed E-state index contributed by atoms with van der Waals surface area (Å²) in [6.07, 6.45) is -8.14. The van der Waals surface area contributed by atoms with Crippen molar-refractivity contribution < 1.29 is 60.0 Å². The van der Waals surface area contributed by atoms with Crippen molar-refractivity contribution in [1.29, 1.82) is 0 Å². The number of aromatic hydroxyl groups is 3. The van der Waals surface area contributed by atoms with Gasteiger partial charge in [-0.1, -0.05) is 6.07 Å². The van der Waals surface area contributed by atoms with E-state index < -0.39 is 104 Å². The van der Waals surface area contributed by atoms with E-state index in [0.717, 1.165) is 13.2 Å². The second kappa shape index (κ2) is 9.70. The molecule has 0 saturated carbocycles. The summed E-state index contributed by atoms with van der Waals surface area (Å²) in [7, 11) is 1.12. The van der Waals surface area contributed by atoms with Crippen LogP contribution in [0.4, 0.5) is 0 Å². The van der Waals surface area contributed by atoms with Gasteiger partial charge in [0.1, 0.15) is 41.7 Å². The molecule has 3 aromatic rings. The van der Waals surface area contributed by atoms with Crippen LogP contribution in [0.1, 0.15) is 79.0 Å². The number of ether oxygens (including phenoxy) is 1. The molecule has 0 fully saturated rings. The maximum atomic E-state index is 14.1. The van der Waals surface area contributed by atoms with E-state index in [1.54, 1.807) is 0 Å². The zero-order valence-electron chi connectivity index (χ0n) is 23.2. The molecule has 0 aliphatic heterocycles. The lowest BCUT2D eigenvalue weighted by atomic mass is 9.75. The van der Waals surface area contributed by atoms with E-state index in [0.29, 0.717) is 5.56 Å². The topological polar surface area (TPSA) is 255 Å². The zero-order valence-corrected chi connectivity index (χ0v) is 23.2.